The number of carbonyl (C=O) groups excluding carboxylic acids is 1. The van der Waals surface area contributed by atoms with E-state index in [0.29, 0.717) is 18.7 Å². The Bertz CT molecular complexity index is 612. The molecule has 0 saturated carbocycles. The van der Waals surface area contributed by atoms with Crippen LogP contribution in [-0.2, 0) is 0 Å². The maximum Gasteiger partial charge on any atom is 0.255 e. The van der Waals surface area contributed by atoms with Crippen molar-refractivity contribution in [2.45, 2.75) is 6.17 Å². The Hall–Kier alpha value is -2.33. The van der Waals surface area contributed by atoms with Crippen LogP contribution in [-0.4, -0.2) is 19.0 Å². The molecule has 1 atom stereocenters. The molecule has 2 aromatic rings. The van der Waals surface area contributed by atoms with Gasteiger partial charge in [0.15, 0.2) is 0 Å². The van der Waals surface area contributed by atoms with E-state index in [9.17, 15) is 4.79 Å². The number of fused-ring (bicyclic) bond motifs is 1. The van der Waals surface area contributed by atoms with Gasteiger partial charge in [-0.2, -0.15) is 0 Å². The smallest absolute Gasteiger partial charge is 0.255 e. The molecule has 3 rings (SSSR count). The van der Waals surface area contributed by atoms with Crippen molar-refractivity contribution in [1.82, 2.24) is 5.32 Å². The van der Waals surface area contributed by atoms with E-state index in [-0.39, 0.29) is 12.1 Å². The van der Waals surface area contributed by atoms with Gasteiger partial charge in [0, 0.05) is 13.1 Å². The minimum atomic E-state index is -0.165. The van der Waals surface area contributed by atoms with Crippen LogP contribution in [0.3, 0.4) is 0 Å². The van der Waals surface area contributed by atoms with Crippen molar-refractivity contribution in [2.75, 3.05) is 18.0 Å². The number of nitrogens with one attached hydrogen (secondary N) is 1. The Morgan fingerprint density at radius 1 is 1.05 bits per heavy atom. The summed E-state index contributed by atoms with van der Waals surface area (Å²) in [4.78, 5) is 14.4. The van der Waals surface area contributed by atoms with E-state index in [1.54, 1.807) is 0 Å². The molecule has 1 heterocycles. The van der Waals surface area contributed by atoms with Crippen molar-refractivity contribution in [1.29, 1.82) is 0 Å². The number of rotatable bonds is 3. The maximum absolute atomic E-state index is 12.3. The molecule has 3 N–H and O–H groups in total. The minimum Gasteiger partial charge on any atom is -0.346 e. The first-order chi connectivity index (χ1) is 9.81. The number of hydrogen-bond acceptors (Lipinski definition) is 3. The number of benzene rings is 2. The first-order valence-corrected chi connectivity index (χ1v) is 6.73. The van der Waals surface area contributed by atoms with Gasteiger partial charge in [-0.1, -0.05) is 42.5 Å². The first kappa shape index (κ1) is 12.7. The highest BCUT2D eigenvalue weighted by Gasteiger charge is 2.30. The fraction of sp³-hybridized carbons (Fsp3) is 0.188. The van der Waals surface area contributed by atoms with Crippen molar-refractivity contribution in [3.8, 4) is 0 Å². The zero-order chi connectivity index (χ0) is 13.9. The SMILES string of the molecule is NCCN1c2ccccc2C(=O)NC1c1ccccc1. The molecule has 0 aliphatic carbocycles. The summed E-state index contributed by atoms with van der Waals surface area (Å²) in [5.74, 6) is -0.0391. The zero-order valence-corrected chi connectivity index (χ0v) is 11.1. The maximum atomic E-state index is 12.3. The molecule has 0 bridgehead atoms. The lowest BCUT2D eigenvalue weighted by Gasteiger charge is -2.39. The molecule has 20 heavy (non-hydrogen) atoms. The second-order valence-corrected chi connectivity index (χ2v) is 4.79. The van der Waals surface area contributed by atoms with E-state index in [1.165, 1.54) is 0 Å². The van der Waals surface area contributed by atoms with E-state index in [2.05, 4.69) is 10.2 Å². The molecule has 0 saturated heterocycles. The third-order valence-electron chi connectivity index (χ3n) is 3.52. The van der Waals surface area contributed by atoms with Crippen molar-refractivity contribution >= 4 is 11.6 Å². The van der Waals surface area contributed by atoms with E-state index in [0.717, 1.165) is 11.3 Å². The van der Waals surface area contributed by atoms with Crippen molar-refractivity contribution < 1.29 is 4.79 Å². The van der Waals surface area contributed by atoms with E-state index in [4.69, 9.17) is 5.73 Å². The molecule has 1 amide bonds. The van der Waals surface area contributed by atoms with Gasteiger partial charge in [-0.05, 0) is 17.7 Å². The third kappa shape index (κ3) is 2.14. The number of hydrogen-bond donors (Lipinski definition) is 2. The van der Waals surface area contributed by atoms with Gasteiger partial charge < -0.3 is 16.0 Å². The van der Waals surface area contributed by atoms with Gasteiger partial charge in [-0.15, -0.1) is 0 Å². The largest absolute Gasteiger partial charge is 0.346 e. The predicted molar refractivity (Wildman–Crippen MR) is 79.5 cm³/mol. The second-order valence-electron chi connectivity index (χ2n) is 4.79. The monoisotopic (exact) mass is 267 g/mol. The van der Waals surface area contributed by atoms with E-state index < -0.39 is 0 Å². The van der Waals surface area contributed by atoms with E-state index >= 15 is 0 Å². The summed E-state index contributed by atoms with van der Waals surface area (Å²) in [6.07, 6.45) is -0.165. The van der Waals surface area contributed by atoms with Crippen LogP contribution in [0, 0.1) is 0 Å². The van der Waals surface area contributed by atoms with Gasteiger partial charge >= 0.3 is 0 Å². The van der Waals surface area contributed by atoms with Crippen LogP contribution in [0.4, 0.5) is 5.69 Å². The predicted octanol–water partition coefficient (Wildman–Crippen LogP) is 1.89. The normalized spacial score (nSPS) is 17.6. The molecule has 4 nitrogen and oxygen atoms in total. The number of nitrogens with zero attached hydrogens (tertiary/aromatic N) is 1. The lowest BCUT2D eigenvalue weighted by Crippen LogP contribution is -2.48. The van der Waals surface area contributed by atoms with Gasteiger partial charge in [0.25, 0.3) is 5.91 Å². The van der Waals surface area contributed by atoms with E-state index in [1.807, 2.05) is 54.6 Å². The van der Waals surface area contributed by atoms with Gasteiger partial charge in [0.2, 0.25) is 0 Å². The summed E-state index contributed by atoms with van der Waals surface area (Å²) in [6, 6.07) is 17.6. The second kappa shape index (κ2) is 5.35. The van der Waals surface area contributed by atoms with Crippen LogP contribution in [0.15, 0.2) is 54.6 Å². The standard InChI is InChI=1S/C16H17N3O/c17-10-11-19-14-9-5-4-8-13(14)16(20)18-15(19)12-6-2-1-3-7-12/h1-9,15H,10-11,17H2,(H,18,20). The number of carbonyl (C=O) groups is 1. The van der Waals surface area contributed by atoms with Crippen molar-refractivity contribution in [3.05, 3.63) is 65.7 Å². The fourth-order valence-electron chi connectivity index (χ4n) is 2.62. The summed E-state index contributed by atoms with van der Waals surface area (Å²) >= 11 is 0. The number of nitrogens with two attached hydrogens (primary N) is 1. The summed E-state index contributed by atoms with van der Waals surface area (Å²) in [5.41, 5.74) is 8.44. The first-order valence-electron chi connectivity index (χ1n) is 6.73. The summed E-state index contributed by atoms with van der Waals surface area (Å²) in [7, 11) is 0. The zero-order valence-electron chi connectivity index (χ0n) is 11.1. The number of anilines is 1. The molecule has 102 valence electrons. The summed E-state index contributed by atoms with van der Waals surface area (Å²) in [5, 5.41) is 3.06. The Labute approximate surface area is 118 Å². The Kier molecular flexibility index (Phi) is 3.39. The topological polar surface area (TPSA) is 58.4 Å². The molecule has 2 aromatic carbocycles. The van der Waals surface area contributed by atoms with Crippen molar-refractivity contribution in [2.24, 2.45) is 5.73 Å². The highest BCUT2D eigenvalue weighted by molar-refractivity contribution is 6.02. The van der Waals surface area contributed by atoms with Crippen LogP contribution >= 0.6 is 0 Å². The van der Waals surface area contributed by atoms with Gasteiger partial charge in [0.05, 0.1) is 11.3 Å². The molecule has 0 aromatic heterocycles. The molecule has 0 spiro atoms. The van der Waals surface area contributed by atoms with Crippen LogP contribution in [0.5, 0.6) is 0 Å². The highest BCUT2D eigenvalue weighted by atomic mass is 16.2. The molecule has 0 radical (unpaired) electrons. The Balaban J connectivity index is 2.06. The summed E-state index contributed by atoms with van der Waals surface area (Å²) < 4.78 is 0. The summed E-state index contributed by atoms with van der Waals surface area (Å²) in [6.45, 7) is 1.23. The van der Waals surface area contributed by atoms with Gasteiger partial charge in [-0.3, -0.25) is 4.79 Å². The lowest BCUT2D eigenvalue weighted by atomic mass is 10.0. The average molecular weight is 267 g/mol. The lowest BCUT2D eigenvalue weighted by molar-refractivity contribution is 0.0926. The number of para-hydroxylation sites is 1. The Morgan fingerprint density at radius 2 is 1.75 bits per heavy atom. The van der Waals surface area contributed by atoms with Crippen LogP contribution < -0.4 is 16.0 Å². The third-order valence-corrected chi connectivity index (χ3v) is 3.52. The van der Waals surface area contributed by atoms with Crippen LogP contribution in [0.25, 0.3) is 0 Å². The molecule has 1 unspecified atom stereocenters. The Morgan fingerprint density at radius 3 is 2.50 bits per heavy atom. The van der Waals surface area contributed by atoms with Gasteiger partial charge in [0.1, 0.15) is 6.17 Å². The minimum absolute atomic E-state index is 0.0391. The quantitative estimate of drug-likeness (QED) is 0.893. The highest BCUT2D eigenvalue weighted by Crippen LogP contribution is 2.32. The van der Waals surface area contributed by atoms with Crippen LogP contribution in [0.1, 0.15) is 22.1 Å². The van der Waals surface area contributed by atoms with Crippen molar-refractivity contribution in [3.63, 3.8) is 0 Å². The average Bonchev–Trinajstić information content (AvgIpc) is 2.51. The molecular weight excluding hydrogens is 250 g/mol. The molecule has 0 fully saturated rings. The molecular formula is C16H17N3O. The molecule has 4 heteroatoms. The molecule has 1 aliphatic heterocycles. The van der Waals surface area contributed by atoms with Gasteiger partial charge in [-0.25, -0.2) is 0 Å². The fourth-order valence-corrected chi connectivity index (χ4v) is 2.62. The number of amides is 1. The molecule has 1 aliphatic rings. The van der Waals surface area contributed by atoms with Crippen LogP contribution in [0.2, 0.25) is 0 Å².